The Balaban J connectivity index is 1.31. The normalized spacial score (nSPS) is 14.9. The van der Waals surface area contributed by atoms with Gasteiger partial charge in [-0.25, -0.2) is 0 Å². The van der Waals surface area contributed by atoms with Crippen LogP contribution < -0.4 is 10.1 Å². The predicted molar refractivity (Wildman–Crippen MR) is 169 cm³/mol. The molecule has 4 aromatic rings. The van der Waals surface area contributed by atoms with Gasteiger partial charge in [0.05, 0.1) is 0 Å². The third-order valence-electron chi connectivity index (χ3n) is 7.84. The maximum atomic E-state index is 12.7. The lowest BCUT2D eigenvalue weighted by molar-refractivity contribution is -0.274. The van der Waals surface area contributed by atoms with E-state index < -0.39 is 6.36 Å². The Kier molecular flexibility index (Phi) is 10.6. The Labute approximate surface area is 261 Å². The molecular formula is C33H37Cl2F3N4O. The number of rotatable bonds is 12. The molecule has 1 saturated heterocycles. The molecule has 0 bridgehead atoms. The number of hydrogen-bond acceptors (Lipinski definition) is 4. The highest BCUT2D eigenvalue weighted by Gasteiger charge is 2.31. The van der Waals surface area contributed by atoms with Crippen LogP contribution in [-0.2, 0) is 19.6 Å². The number of aromatic nitrogens is 1. The van der Waals surface area contributed by atoms with Gasteiger partial charge in [0, 0.05) is 84.1 Å². The minimum atomic E-state index is -4.72. The molecule has 230 valence electrons. The lowest BCUT2D eigenvalue weighted by Gasteiger charge is -2.35. The summed E-state index contributed by atoms with van der Waals surface area (Å²) >= 11 is 12.8. The number of nitrogens with zero attached hydrogens (tertiary/aromatic N) is 3. The van der Waals surface area contributed by atoms with Crippen molar-refractivity contribution < 1.29 is 17.9 Å². The molecule has 0 spiro atoms. The van der Waals surface area contributed by atoms with Crippen LogP contribution in [-0.4, -0.2) is 60.0 Å². The molecule has 1 N–H and O–H groups in total. The zero-order valence-electron chi connectivity index (χ0n) is 24.3. The fraction of sp³-hybridized carbons (Fsp3) is 0.394. The topological polar surface area (TPSA) is 32.7 Å². The zero-order valence-corrected chi connectivity index (χ0v) is 25.8. The molecule has 5 rings (SSSR count). The molecule has 3 aromatic carbocycles. The van der Waals surface area contributed by atoms with E-state index in [0.29, 0.717) is 10.0 Å². The standard InChI is InChI=1S/C33H37Cl2F3N4O/c1-2-13-39-14-4-15-42-23-28(25-8-10-26(11-9-25)43-33(36,37)38)27-20-24(7-12-32(27)42)21-40-16-18-41(19-17-40)22-29-30(34)5-3-6-31(29)35/h3,5-12,20,23,39H,2,4,13-19,21-22H2,1H3. The average Bonchev–Trinajstić information content (AvgIpc) is 3.33. The van der Waals surface area contributed by atoms with Crippen LogP contribution in [0.1, 0.15) is 30.9 Å². The molecule has 1 aliphatic heterocycles. The van der Waals surface area contributed by atoms with Gasteiger partial charge in [-0.15, -0.1) is 13.2 Å². The van der Waals surface area contributed by atoms with E-state index in [1.165, 1.54) is 17.7 Å². The van der Waals surface area contributed by atoms with Crippen LogP contribution >= 0.6 is 23.2 Å². The van der Waals surface area contributed by atoms with E-state index in [1.807, 2.05) is 18.2 Å². The van der Waals surface area contributed by atoms with E-state index in [2.05, 4.69) is 55.7 Å². The second kappa shape index (κ2) is 14.4. The fourth-order valence-corrected chi connectivity index (χ4v) is 6.16. The summed E-state index contributed by atoms with van der Waals surface area (Å²) in [5.41, 5.74) is 5.15. The first-order valence-electron chi connectivity index (χ1n) is 14.8. The maximum absolute atomic E-state index is 12.7. The number of halogens is 5. The lowest BCUT2D eigenvalue weighted by atomic mass is 10.0. The largest absolute Gasteiger partial charge is 0.573 e. The number of hydrogen-bond donors (Lipinski definition) is 1. The van der Waals surface area contributed by atoms with Gasteiger partial charge in [0.25, 0.3) is 0 Å². The summed E-state index contributed by atoms with van der Waals surface area (Å²) in [6.45, 7) is 10.2. The first kappa shape index (κ1) is 31.7. The van der Waals surface area contributed by atoms with Gasteiger partial charge in [-0.05, 0) is 73.5 Å². The van der Waals surface area contributed by atoms with E-state index in [4.69, 9.17) is 23.2 Å². The van der Waals surface area contributed by atoms with E-state index in [9.17, 15) is 13.2 Å². The highest BCUT2D eigenvalue weighted by molar-refractivity contribution is 6.35. The molecule has 0 unspecified atom stereocenters. The molecule has 1 fully saturated rings. The maximum Gasteiger partial charge on any atom is 0.573 e. The van der Waals surface area contributed by atoms with Crippen molar-refractivity contribution in [3.8, 4) is 16.9 Å². The van der Waals surface area contributed by atoms with Crippen LogP contribution in [0.15, 0.2) is 66.9 Å². The number of ether oxygens (including phenoxy) is 1. The smallest absolute Gasteiger partial charge is 0.406 e. The van der Waals surface area contributed by atoms with E-state index in [0.717, 1.165) is 99.3 Å². The minimum Gasteiger partial charge on any atom is -0.406 e. The monoisotopic (exact) mass is 632 g/mol. The SMILES string of the molecule is CCCNCCCn1cc(-c2ccc(OC(F)(F)F)cc2)c2cc(CN3CCN(Cc4c(Cl)cccc4Cl)CC3)ccc21. The van der Waals surface area contributed by atoms with Gasteiger partial charge >= 0.3 is 6.36 Å². The Morgan fingerprint density at radius 1 is 0.860 bits per heavy atom. The van der Waals surface area contributed by atoms with Crippen molar-refractivity contribution in [2.24, 2.45) is 0 Å². The quantitative estimate of drug-likeness (QED) is 0.160. The van der Waals surface area contributed by atoms with Gasteiger partial charge in [-0.3, -0.25) is 9.80 Å². The number of fused-ring (bicyclic) bond motifs is 1. The van der Waals surface area contributed by atoms with Crippen molar-refractivity contribution in [2.75, 3.05) is 39.3 Å². The second-order valence-electron chi connectivity index (χ2n) is 11.0. The molecule has 0 amide bonds. The summed E-state index contributed by atoms with van der Waals surface area (Å²) in [4.78, 5) is 4.83. The Morgan fingerprint density at radius 3 is 2.19 bits per heavy atom. The molecule has 5 nitrogen and oxygen atoms in total. The van der Waals surface area contributed by atoms with Crippen LogP contribution in [0.2, 0.25) is 10.0 Å². The third-order valence-corrected chi connectivity index (χ3v) is 8.55. The van der Waals surface area contributed by atoms with Gasteiger partial charge in [-0.2, -0.15) is 0 Å². The zero-order chi connectivity index (χ0) is 30.4. The van der Waals surface area contributed by atoms with Crippen LogP contribution in [0.25, 0.3) is 22.0 Å². The molecule has 0 aliphatic carbocycles. The molecule has 1 aliphatic rings. The molecule has 43 heavy (non-hydrogen) atoms. The Hall–Kier alpha value is -2.75. The van der Waals surface area contributed by atoms with E-state index in [1.54, 1.807) is 12.1 Å². The van der Waals surface area contributed by atoms with Crippen molar-refractivity contribution in [2.45, 2.75) is 45.8 Å². The lowest BCUT2D eigenvalue weighted by Crippen LogP contribution is -2.45. The van der Waals surface area contributed by atoms with Crippen LogP contribution in [0.4, 0.5) is 13.2 Å². The second-order valence-corrected chi connectivity index (χ2v) is 11.8. The molecule has 0 radical (unpaired) electrons. The highest BCUT2D eigenvalue weighted by atomic mass is 35.5. The number of nitrogens with one attached hydrogen (secondary N) is 1. The van der Waals surface area contributed by atoms with Crippen molar-refractivity contribution in [1.29, 1.82) is 0 Å². The predicted octanol–water partition coefficient (Wildman–Crippen LogP) is 8.22. The number of benzene rings is 3. The summed E-state index contributed by atoms with van der Waals surface area (Å²) < 4.78 is 44.5. The van der Waals surface area contributed by atoms with Gasteiger partial charge in [-0.1, -0.05) is 54.4 Å². The van der Waals surface area contributed by atoms with E-state index >= 15 is 0 Å². The van der Waals surface area contributed by atoms with Crippen LogP contribution in [0.5, 0.6) is 5.75 Å². The summed E-state index contributed by atoms with van der Waals surface area (Å²) in [6, 6.07) is 18.4. The summed E-state index contributed by atoms with van der Waals surface area (Å²) in [5.74, 6) is -0.223. The highest BCUT2D eigenvalue weighted by Crippen LogP contribution is 2.34. The molecule has 2 heterocycles. The van der Waals surface area contributed by atoms with Crippen molar-refractivity contribution >= 4 is 34.1 Å². The summed E-state index contributed by atoms with van der Waals surface area (Å²) in [7, 11) is 0. The first-order valence-corrected chi connectivity index (χ1v) is 15.5. The summed E-state index contributed by atoms with van der Waals surface area (Å²) in [6.07, 6.45) is -0.525. The minimum absolute atomic E-state index is 0.223. The number of aryl methyl sites for hydroxylation is 1. The van der Waals surface area contributed by atoms with E-state index in [-0.39, 0.29) is 5.75 Å². The van der Waals surface area contributed by atoms with Gasteiger partial charge in [0.2, 0.25) is 0 Å². The van der Waals surface area contributed by atoms with Gasteiger partial charge in [0.1, 0.15) is 5.75 Å². The van der Waals surface area contributed by atoms with Gasteiger partial charge < -0.3 is 14.6 Å². The van der Waals surface area contributed by atoms with Crippen molar-refractivity contribution in [3.63, 3.8) is 0 Å². The molecule has 0 atom stereocenters. The Bertz CT molecular complexity index is 1480. The third kappa shape index (κ3) is 8.46. The number of piperazine rings is 1. The van der Waals surface area contributed by atoms with Gasteiger partial charge in [0.15, 0.2) is 0 Å². The van der Waals surface area contributed by atoms with Crippen molar-refractivity contribution in [1.82, 2.24) is 19.7 Å². The number of alkyl halides is 3. The van der Waals surface area contributed by atoms with Crippen molar-refractivity contribution in [3.05, 3.63) is 88.0 Å². The first-order chi connectivity index (χ1) is 20.7. The molecule has 10 heteroatoms. The summed E-state index contributed by atoms with van der Waals surface area (Å²) in [5, 5.41) is 5.94. The molecule has 0 saturated carbocycles. The molecular weight excluding hydrogens is 596 g/mol. The van der Waals surface area contributed by atoms with Crippen LogP contribution in [0, 0.1) is 0 Å². The average molecular weight is 634 g/mol. The fourth-order valence-electron chi connectivity index (χ4n) is 5.64. The van der Waals surface area contributed by atoms with Crippen LogP contribution in [0.3, 0.4) is 0 Å². The molecule has 1 aromatic heterocycles. The Morgan fingerprint density at radius 2 is 1.53 bits per heavy atom.